The van der Waals surface area contributed by atoms with Crippen LogP contribution >= 0.6 is 11.3 Å². The molecule has 0 aliphatic rings. The van der Waals surface area contributed by atoms with Crippen LogP contribution in [-0.2, 0) is 0 Å². The highest BCUT2D eigenvalue weighted by atomic mass is 32.1. The standard InChI is InChI=1S/C13H19N3OS/c1-3-16(2)10-9-15-13(17)12-7-6-11(18-12)5-4-8-14/h6-7H,3,8-10,14H2,1-2H3,(H,15,17). The summed E-state index contributed by atoms with van der Waals surface area (Å²) in [5.74, 6) is 5.65. The van der Waals surface area contributed by atoms with Crippen LogP contribution in [0.15, 0.2) is 12.1 Å². The number of nitrogens with two attached hydrogens (primary N) is 1. The summed E-state index contributed by atoms with van der Waals surface area (Å²) in [4.78, 5) is 15.5. The second-order valence-corrected chi connectivity index (χ2v) is 4.91. The van der Waals surface area contributed by atoms with Crippen molar-refractivity contribution in [2.24, 2.45) is 5.73 Å². The van der Waals surface area contributed by atoms with Crippen molar-refractivity contribution in [3.8, 4) is 11.8 Å². The Labute approximate surface area is 112 Å². The molecule has 0 aromatic carbocycles. The Balaban J connectivity index is 2.44. The van der Waals surface area contributed by atoms with E-state index in [9.17, 15) is 4.79 Å². The fourth-order valence-corrected chi connectivity index (χ4v) is 2.07. The Hall–Kier alpha value is -1.35. The molecule has 5 heteroatoms. The summed E-state index contributed by atoms with van der Waals surface area (Å²) in [6.45, 7) is 4.91. The van der Waals surface area contributed by atoms with Crippen LogP contribution in [0.4, 0.5) is 0 Å². The Morgan fingerprint density at radius 3 is 3.00 bits per heavy atom. The fourth-order valence-electron chi connectivity index (χ4n) is 1.27. The molecule has 0 spiro atoms. The third kappa shape index (κ3) is 4.88. The van der Waals surface area contributed by atoms with Gasteiger partial charge in [0.05, 0.1) is 16.3 Å². The number of amides is 1. The van der Waals surface area contributed by atoms with E-state index >= 15 is 0 Å². The number of hydrogen-bond donors (Lipinski definition) is 2. The van der Waals surface area contributed by atoms with Crippen LogP contribution in [-0.4, -0.2) is 44.0 Å². The number of likely N-dealkylation sites (N-methyl/N-ethyl adjacent to an activating group) is 1. The molecular formula is C13H19N3OS. The van der Waals surface area contributed by atoms with Gasteiger partial charge in [-0.15, -0.1) is 11.3 Å². The van der Waals surface area contributed by atoms with Gasteiger partial charge in [-0.2, -0.15) is 0 Å². The quantitative estimate of drug-likeness (QED) is 0.772. The van der Waals surface area contributed by atoms with E-state index in [1.165, 1.54) is 11.3 Å². The highest BCUT2D eigenvalue weighted by Crippen LogP contribution is 2.14. The molecule has 98 valence electrons. The number of nitrogens with zero attached hydrogens (tertiary/aromatic N) is 1. The van der Waals surface area contributed by atoms with E-state index in [1.54, 1.807) is 6.07 Å². The summed E-state index contributed by atoms with van der Waals surface area (Å²) in [6, 6.07) is 3.64. The van der Waals surface area contributed by atoms with Gasteiger partial charge < -0.3 is 16.0 Å². The number of nitrogens with one attached hydrogen (secondary N) is 1. The predicted octanol–water partition coefficient (Wildman–Crippen LogP) is 0.740. The van der Waals surface area contributed by atoms with Gasteiger partial charge in [-0.1, -0.05) is 18.8 Å². The molecule has 0 atom stereocenters. The summed E-state index contributed by atoms with van der Waals surface area (Å²) in [5, 5.41) is 2.89. The zero-order valence-corrected chi connectivity index (χ0v) is 11.6. The molecule has 0 bridgehead atoms. The van der Waals surface area contributed by atoms with Crippen LogP contribution < -0.4 is 11.1 Å². The first-order valence-corrected chi connectivity index (χ1v) is 6.74. The Bertz CT molecular complexity index is 445. The van der Waals surface area contributed by atoms with Crippen LogP contribution in [0, 0.1) is 11.8 Å². The smallest absolute Gasteiger partial charge is 0.261 e. The molecule has 0 saturated carbocycles. The topological polar surface area (TPSA) is 58.4 Å². The molecule has 1 heterocycles. The fraction of sp³-hybridized carbons (Fsp3) is 0.462. The van der Waals surface area contributed by atoms with Crippen molar-refractivity contribution < 1.29 is 4.79 Å². The zero-order chi connectivity index (χ0) is 13.4. The van der Waals surface area contributed by atoms with Gasteiger partial charge in [0.25, 0.3) is 5.91 Å². The van der Waals surface area contributed by atoms with E-state index in [1.807, 2.05) is 13.1 Å². The Kier molecular flexibility index (Phi) is 6.44. The third-order valence-electron chi connectivity index (χ3n) is 2.46. The summed E-state index contributed by atoms with van der Waals surface area (Å²) in [7, 11) is 2.03. The summed E-state index contributed by atoms with van der Waals surface area (Å²) >= 11 is 1.39. The monoisotopic (exact) mass is 265 g/mol. The molecule has 0 aliphatic carbocycles. The average Bonchev–Trinajstić information content (AvgIpc) is 2.84. The minimum Gasteiger partial charge on any atom is -0.350 e. The molecule has 0 aliphatic heterocycles. The average molecular weight is 265 g/mol. The van der Waals surface area contributed by atoms with E-state index in [0.717, 1.165) is 18.0 Å². The summed E-state index contributed by atoms with van der Waals surface area (Å²) < 4.78 is 0. The maximum Gasteiger partial charge on any atom is 0.261 e. The van der Waals surface area contributed by atoms with E-state index in [0.29, 0.717) is 18.0 Å². The maximum absolute atomic E-state index is 11.8. The van der Waals surface area contributed by atoms with Crippen molar-refractivity contribution >= 4 is 17.2 Å². The van der Waals surface area contributed by atoms with Gasteiger partial charge in [-0.3, -0.25) is 4.79 Å². The SMILES string of the molecule is CCN(C)CCNC(=O)c1ccc(C#CCN)s1. The van der Waals surface area contributed by atoms with Gasteiger partial charge in [-0.05, 0) is 25.7 Å². The first-order valence-electron chi connectivity index (χ1n) is 5.93. The van der Waals surface area contributed by atoms with Crippen molar-refractivity contribution in [3.63, 3.8) is 0 Å². The molecule has 3 N–H and O–H groups in total. The Morgan fingerprint density at radius 1 is 1.56 bits per heavy atom. The largest absolute Gasteiger partial charge is 0.350 e. The molecule has 1 aromatic heterocycles. The van der Waals surface area contributed by atoms with Gasteiger partial charge in [0, 0.05) is 13.1 Å². The van der Waals surface area contributed by atoms with Crippen molar-refractivity contribution in [1.29, 1.82) is 0 Å². The molecular weight excluding hydrogens is 246 g/mol. The summed E-state index contributed by atoms with van der Waals surface area (Å²) in [5.41, 5.74) is 5.30. The minimum absolute atomic E-state index is 0.0368. The lowest BCUT2D eigenvalue weighted by Gasteiger charge is -2.13. The van der Waals surface area contributed by atoms with Crippen LogP contribution in [0.1, 0.15) is 21.5 Å². The third-order valence-corrected chi connectivity index (χ3v) is 3.46. The lowest BCUT2D eigenvalue weighted by Crippen LogP contribution is -2.32. The molecule has 1 aromatic rings. The highest BCUT2D eigenvalue weighted by molar-refractivity contribution is 7.14. The van der Waals surface area contributed by atoms with E-state index < -0.39 is 0 Å². The van der Waals surface area contributed by atoms with Gasteiger partial charge in [-0.25, -0.2) is 0 Å². The molecule has 0 saturated heterocycles. The van der Waals surface area contributed by atoms with Gasteiger partial charge in [0.2, 0.25) is 0 Å². The van der Waals surface area contributed by atoms with Crippen molar-refractivity contribution in [2.45, 2.75) is 6.92 Å². The van der Waals surface area contributed by atoms with Crippen molar-refractivity contribution in [1.82, 2.24) is 10.2 Å². The van der Waals surface area contributed by atoms with Gasteiger partial charge in [0.1, 0.15) is 0 Å². The van der Waals surface area contributed by atoms with E-state index in [2.05, 4.69) is 29.0 Å². The number of carbonyl (C=O) groups excluding carboxylic acids is 1. The lowest BCUT2D eigenvalue weighted by atomic mass is 10.4. The molecule has 0 fully saturated rings. The molecule has 0 radical (unpaired) electrons. The van der Waals surface area contributed by atoms with Crippen LogP contribution in [0.2, 0.25) is 0 Å². The van der Waals surface area contributed by atoms with E-state index in [-0.39, 0.29) is 5.91 Å². The molecule has 0 unspecified atom stereocenters. The zero-order valence-electron chi connectivity index (χ0n) is 10.8. The van der Waals surface area contributed by atoms with Crippen LogP contribution in [0.5, 0.6) is 0 Å². The number of rotatable bonds is 5. The lowest BCUT2D eigenvalue weighted by molar-refractivity contribution is 0.0954. The first kappa shape index (κ1) is 14.7. The first-order chi connectivity index (χ1) is 8.67. The number of thiophene rings is 1. The Morgan fingerprint density at radius 2 is 2.33 bits per heavy atom. The minimum atomic E-state index is -0.0368. The summed E-state index contributed by atoms with van der Waals surface area (Å²) in [6.07, 6.45) is 0. The van der Waals surface area contributed by atoms with Gasteiger partial charge in [0.15, 0.2) is 0 Å². The normalized spacial score (nSPS) is 10.0. The molecule has 1 amide bonds. The molecule has 1 rings (SSSR count). The predicted molar refractivity (Wildman–Crippen MR) is 75.8 cm³/mol. The van der Waals surface area contributed by atoms with Crippen molar-refractivity contribution in [2.75, 3.05) is 33.2 Å². The second kappa shape index (κ2) is 7.88. The highest BCUT2D eigenvalue weighted by Gasteiger charge is 2.07. The van der Waals surface area contributed by atoms with Crippen LogP contribution in [0.3, 0.4) is 0 Å². The van der Waals surface area contributed by atoms with E-state index in [4.69, 9.17) is 5.73 Å². The second-order valence-electron chi connectivity index (χ2n) is 3.82. The number of carbonyl (C=O) groups is 1. The van der Waals surface area contributed by atoms with Crippen molar-refractivity contribution in [3.05, 3.63) is 21.9 Å². The van der Waals surface area contributed by atoms with Gasteiger partial charge >= 0.3 is 0 Å². The molecule has 18 heavy (non-hydrogen) atoms. The van der Waals surface area contributed by atoms with Crippen LogP contribution in [0.25, 0.3) is 0 Å². The maximum atomic E-state index is 11.8. The molecule has 4 nitrogen and oxygen atoms in total. The number of hydrogen-bond acceptors (Lipinski definition) is 4.